The number of aromatic nitrogens is 2. The lowest BCUT2D eigenvalue weighted by atomic mass is 9.99. The van der Waals surface area contributed by atoms with Crippen LogP contribution in [0.3, 0.4) is 0 Å². The summed E-state index contributed by atoms with van der Waals surface area (Å²) in [5.74, 6) is 0.817. The molecule has 1 aliphatic heterocycles. The third-order valence-electron chi connectivity index (χ3n) is 3.65. The van der Waals surface area contributed by atoms with Gasteiger partial charge in [0, 0.05) is 30.5 Å². The van der Waals surface area contributed by atoms with E-state index < -0.39 is 0 Å². The van der Waals surface area contributed by atoms with Crippen molar-refractivity contribution >= 4 is 23.2 Å². The van der Waals surface area contributed by atoms with Crippen LogP contribution in [0.4, 0.5) is 0 Å². The highest BCUT2D eigenvalue weighted by atomic mass is 32.1. The van der Waals surface area contributed by atoms with Gasteiger partial charge >= 0.3 is 5.97 Å². The number of likely N-dealkylation sites (tertiary alicyclic amines) is 1. The molecular formula is C15H17N3O4S. The molecule has 0 N–H and O–H groups in total. The Balaban J connectivity index is 1.47. The first kappa shape index (κ1) is 15.7. The summed E-state index contributed by atoms with van der Waals surface area (Å²) >= 11 is 1.57. The van der Waals surface area contributed by atoms with Crippen LogP contribution in [-0.2, 0) is 14.3 Å². The first-order valence-electron chi connectivity index (χ1n) is 7.47. The number of carbonyl (C=O) groups excluding carboxylic acids is 2. The van der Waals surface area contributed by atoms with Crippen LogP contribution < -0.4 is 0 Å². The van der Waals surface area contributed by atoms with Gasteiger partial charge in [-0.3, -0.25) is 9.59 Å². The highest BCUT2D eigenvalue weighted by molar-refractivity contribution is 7.08. The molecule has 7 nitrogen and oxygen atoms in total. The van der Waals surface area contributed by atoms with Crippen LogP contribution in [0.5, 0.6) is 0 Å². The lowest BCUT2D eigenvalue weighted by Gasteiger charge is -2.37. The highest BCUT2D eigenvalue weighted by Gasteiger charge is 2.35. The number of ether oxygens (including phenoxy) is 1. The predicted octanol–water partition coefficient (Wildman–Crippen LogP) is 2.07. The molecule has 8 heteroatoms. The molecule has 2 aromatic rings. The molecule has 0 aromatic carbocycles. The minimum atomic E-state index is -0.338. The van der Waals surface area contributed by atoms with Gasteiger partial charge in [0.05, 0.1) is 18.9 Å². The number of carbonyl (C=O) groups is 2. The zero-order valence-corrected chi connectivity index (χ0v) is 13.5. The van der Waals surface area contributed by atoms with E-state index in [0.29, 0.717) is 31.4 Å². The molecular weight excluding hydrogens is 318 g/mol. The normalized spacial score (nSPS) is 14.6. The third kappa shape index (κ3) is 3.58. The van der Waals surface area contributed by atoms with Crippen molar-refractivity contribution in [2.45, 2.75) is 25.7 Å². The van der Waals surface area contributed by atoms with E-state index in [9.17, 15) is 9.59 Å². The standard InChI is InChI=1S/C15H17N3O4S/c1-2-21-13(20)4-3-12(19)18-7-11(8-18)15-16-14(17-22-15)10-5-6-23-9-10/h5-6,9,11H,2-4,7-8H2,1H3. The second kappa shape index (κ2) is 6.91. The topological polar surface area (TPSA) is 85.5 Å². The minimum Gasteiger partial charge on any atom is -0.466 e. The molecule has 3 heterocycles. The molecule has 1 amide bonds. The average molecular weight is 335 g/mol. The average Bonchev–Trinajstić information content (AvgIpc) is 3.14. The van der Waals surface area contributed by atoms with Crippen molar-refractivity contribution in [2.24, 2.45) is 0 Å². The van der Waals surface area contributed by atoms with Crippen molar-refractivity contribution in [3.8, 4) is 11.4 Å². The van der Waals surface area contributed by atoms with E-state index >= 15 is 0 Å². The molecule has 23 heavy (non-hydrogen) atoms. The summed E-state index contributed by atoms with van der Waals surface area (Å²) in [5, 5.41) is 7.88. The van der Waals surface area contributed by atoms with Gasteiger partial charge in [-0.05, 0) is 18.4 Å². The molecule has 2 aromatic heterocycles. The van der Waals surface area contributed by atoms with Crippen LogP contribution in [0.1, 0.15) is 31.6 Å². The summed E-state index contributed by atoms with van der Waals surface area (Å²) < 4.78 is 10.1. The van der Waals surface area contributed by atoms with E-state index in [2.05, 4.69) is 10.1 Å². The fraction of sp³-hybridized carbons (Fsp3) is 0.467. The van der Waals surface area contributed by atoms with E-state index in [-0.39, 0.29) is 30.6 Å². The predicted molar refractivity (Wildman–Crippen MR) is 82.8 cm³/mol. The smallest absolute Gasteiger partial charge is 0.306 e. The molecule has 122 valence electrons. The molecule has 0 spiro atoms. The lowest BCUT2D eigenvalue weighted by Crippen LogP contribution is -2.48. The van der Waals surface area contributed by atoms with Gasteiger partial charge in [-0.15, -0.1) is 0 Å². The van der Waals surface area contributed by atoms with Crippen LogP contribution in [0, 0.1) is 0 Å². The first-order valence-corrected chi connectivity index (χ1v) is 8.41. The maximum Gasteiger partial charge on any atom is 0.306 e. The Morgan fingerprint density at radius 1 is 1.43 bits per heavy atom. The Labute approximate surface area is 137 Å². The van der Waals surface area contributed by atoms with Gasteiger partial charge in [0.25, 0.3) is 0 Å². The van der Waals surface area contributed by atoms with Crippen LogP contribution in [0.15, 0.2) is 21.3 Å². The van der Waals surface area contributed by atoms with Gasteiger partial charge in [0.2, 0.25) is 17.6 Å². The molecule has 0 bridgehead atoms. The molecule has 1 aliphatic rings. The van der Waals surface area contributed by atoms with E-state index in [1.54, 1.807) is 23.2 Å². The van der Waals surface area contributed by atoms with Gasteiger partial charge in [-0.2, -0.15) is 16.3 Å². The monoisotopic (exact) mass is 335 g/mol. The SMILES string of the molecule is CCOC(=O)CCC(=O)N1CC(c2nc(-c3ccsc3)no2)C1. The number of hydrogen-bond donors (Lipinski definition) is 0. The molecule has 0 unspecified atom stereocenters. The molecule has 0 atom stereocenters. The minimum absolute atomic E-state index is 0.0492. The van der Waals surface area contributed by atoms with Crippen LogP contribution in [0.25, 0.3) is 11.4 Å². The van der Waals surface area contributed by atoms with Gasteiger partial charge in [0.1, 0.15) is 0 Å². The number of thiophene rings is 1. The Kier molecular flexibility index (Phi) is 4.71. The number of nitrogens with zero attached hydrogens (tertiary/aromatic N) is 3. The van der Waals surface area contributed by atoms with Crippen LogP contribution in [-0.4, -0.2) is 46.6 Å². The summed E-state index contributed by atoms with van der Waals surface area (Å²) in [5.41, 5.74) is 0.937. The number of rotatable bonds is 6. The summed E-state index contributed by atoms with van der Waals surface area (Å²) in [6.07, 6.45) is 0.298. The maximum absolute atomic E-state index is 12.0. The van der Waals surface area contributed by atoms with Gasteiger partial charge < -0.3 is 14.2 Å². The first-order chi connectivity index (χ1) is 11.2. The third-order valence-corrected chi connectivity index (χ3v) is 4.34. The molecule has 0 radical (unpaired) electrons. The summed E-state index contributed by atoms with van der Waals surface area (Å²) in [6, 6.07) is 1.94. The maximum atomic E-state index is 12.0. The summed E-state index contributed by atoms with van der Waals surface area (Å²) in [4.78, 5) is 29.3. The van der Waals surface area contributed by atoms with Crippen molar-refractivity contribution in [3.05, 3.63) is 22.7 Å². The summed E-state index contributed by atoms with van der Waals surface area (Å²) in [7, 11) is 0. The number of amides is 1. The molecule has 0 saturated carbocycles. The van der Waals surface area contributed by atoms with Gasteiger partial charge in [0.15, 0.2) is 0 Å². The molecule has 0 aliphatic carbocycles. The van der Waals surface area contributed by atoms with E-state index in [4.69, 9.17) is 9.26 Å². The molecule has 3 rings (SSSR count). The molecule has 1 saturated heterocycles. The fourth-order valence-corrected chi connectivity index (χ4v) is 2.98. The number of hydrogen-bond acceptors (Lipinski definition) is 7. The van der Waals surface area contributed by atoms with Gasteiger partial charge in [-0.25, -0.2) is 0 Å². The van der Waals surface area contributed by atoms with Gasteiger partial charge in [-0.1, -0.05) is 5.16 Å². The highest BCUT2D eigenvalue weighted by Crippen LogP contribution is 2.28. The largest absolute Gasteiger partial charge is 0.466 e. The summed E-state index contributed by atoms with van der Waals surface area (Å²) in [6.45, 7) is 3.18. The van der Waals surface area contributed by atoms with Crippen molar-refractivity contribution < 1.29 is 18.8 Å². The fourth-order valence-electron chi connectivity index (χ4n) is 2.35. The Hall–Kier alpha value is -2.22. The van der Waals surface area contributed by atoms with E-state index in [0.717, 1.165) is 5.56 Å². The number of esters is 1. The quantitative estimate of drug-likeness (QED) is 0.751. The lowest BCUT2D eigenvalue weighted by molar-refractivity contribution is -0.146. The van der Waals surface area contributed by atoms with Crippen LogP contribution >= 0.6 is 11.3 Å². The van der Waals surface area contributed by atoms with Crippen molar-refractivity contribution in [1.82, 2.24) is 15.0 Å². The van der Waals surface area contributed by atoms with E-state index in [1.807, 2.05) is 16.8 Å². The molecule has 1 fully saturated rings. The second-order valence-corrected chi connectivity index (χ2v) is 6.05. The Morgan fingerprint density at radius 3 is 2.96 bits per heavy atom. The van der Waals surface area contributed by atoms with Crippen molar-refractivity contribution in [3.63, 3.8) is 0 Å². The zero-order chi connectivity index (χ0) is 16.2. The Morgan fingerprint density at radius 2 is 2.26 bits per heavy atom. The second-order valence-electron chi connectivity index (χ2n) is 5.27. The van der Waals surface area contributed by atoms with Crippen molar-refractivity contribution in [1.29, 1.82) is 0 Å². The van der Waals surface area contributed by atoms with Crippen LogP contribution in [0.2, 0.25) is 0 Å². The zero-order valence-electron chi connectivity index (χ0n) is 12.7. The Bertz CT molecular complexity index is 677. The van der Waals surface area contributed by atoms with Crippen molar-refractivity contribution in [2.75, 3.05) is 19.7 Å². The van der Waals surface area contributed by atoms with E-state index in [1.165, 1.54) is 0 Å².